The van der Waals surface area contributed by atoms with Gasteiger partial charge in [-0.2, -0.15) is 12.6 Å². The summed E-state index contributed by atoms with van der Waals surface area (Å²) in [5.74, 6) is 0. The highest BCUT2D eigenvalue weighted by Crippen LogP contribution is 2.20. The van der Waals surface area contributed by atoms with Gasteiger partial charge in [-0.1, -0.05) is 13.3 Å². The fourth-order valence-electron chi connectivity index (χ4n) is 1.35. The molecule has 0 radical (unpaired) electrons. The van der Waals surface area contributed by atoms with Crippen molar-refractivity contribution in [2.24, 2.45) is 0 Å². The standard InChI is InChI=1S/C9H17NO2S/c1-2-3-7-12-9(11)10-6-4-5-8(10)13/h8,13H,2-7H2,1H3. The second-order valence-corrected chi connectivity index (χ2v) is 3.88. The number of nitrogens with zero attached hydrogens (tertiary/aromatic N) is 1. The Kier molecular flexibility index (Phi) is 4.42. The maximum absolute atomic E-state index is 11.4. The van der Waals surface area contributed by atoms with Crippen molar-refractivity contribution in [3.63, 3.8) is 0 Å². The summed E-state index contributed by atoms with van der Waals surface area (Å²) in [5, 5.41) is 0.0640. The summed E-state index contributed by atoms with van der Waals surface area (Å²) in [6.45, 7) is 3.40. The van der Waals surface area contributed by atoms with E-state index in [9.17, 15) is 4.79 Å². The minimum Gasteiger partial charge on any atom is -0.449 e. The molecule has 0 aromatic carbocycles. The van der Waals surface area contributed by atoms with Crippen molar-refractivity contribution in [1.82, 2.24) is 4.90 Å². The summed E-state index contributed by atoms with van der Waals surface area (Å²) in [7, 11) is 0. The number of hydrogen-bond donors (Lipinski definition) is 1. The Balaban J connectivity index is 2.22. The van der Waals surface area contributed by atoms with Crippen LogP contribution < -0.4 is 0 Å². The van der Waals surface area contributed by atoms with Gasteiger partial charge in [0, 0.05) is 6.54 Å². The van der Waals surface area contributed by atoms with E-state index in [0.29, 0.717) is 6.61 Å². The minimum absolute atomic E-state index is 0.0640. The number of ether oxygens (including phenoxy) is 1. The highest BCUT2D eigenvalue weighted by molar-refractivity contribution is 7.80. The Morgan fingerprint density at radius 1 is 1.69 bits per heavy atom. The first kappa shape index (κ1) is 10.7. The van der Waals surface area contributed by atoms with Crippen LogP contribution in [0.2, 0.25) is 0 Å². The van der Waals surface area contributed by atoms with Gasteiger partial charge < -0.3 is 4.74 Å². The predicted octanol–water partition coefficient (Wildman–Crippen LogP) is 2.27. The molecule has 0 aromatic heterocycles. The van der Waals surface area contributed by atoms with Crippen molar-refractivity contribution < 1.29 is 9.53 Å². The first-order valence-corrected chi connectivity index (χ1v) is 5.38. The first-order chi connectivity index (χ1) is 6.25. The number of carbonyl (C=O) groups is 1. The molecule has 1 rings (SSSR count). The highest BCUT2D eigenvalue weighted by atomic mass is 32.1. The molecule has 0 spiro atoms. The van der Waals surface area contributed by atoms with Crippen LogP contribution >= 0.6 is 12.6 Å². The van der Waals surface area contributed by atoms with Crippen LogP contribution in [-0.2, 0) is 4.74 Å². The van der Waals surface area contributed by atoms with Crippen LogP contribution in [0, 0.1) is 0 Å². The van der Waals surface area contributed by atoms with E-state index in [1.54, 1.807) is 4.90 Å². The Hall–Kier alpha value is -0.380. The zero-order valence-electron chi connectivity index (χ0n) is 8.03. The Morgan fingerprint density at radius 3 is 3.00 bits per heavy atom. The molecule has 0 aromatic rings. The van der Waals surface area contributed by atoms with Gasteiger partial charge in [0.1, 0.15) is 0 Å². The van der Waals surface area contributed by atoms with E-state index in [1.807, 2.05) is 0 Å². The Morgan fingerprint density at radius 2 is 2.46 bits per heavy atom. The topological polar surface area (TPSA) is 29.5 Å². The van der Waals surface area contributed by atoms with Gasteiger partial charge in [0.15, 0.2) is 0 Å². The molecular weight excluding hydrogens is 186 g/mol. The third-order valence-electron chi connectivity index (χ3n) is 2.18. The number of hydrogen-bond acceptors (Lipinski definition) is 3. The highest BCUT2D eigenvalue weighted by Gasteiger charge is 2.26. The summed E-state index contributed by atoms with van der Waals surface area (Å²) in [5.41, 5.74) is 0. The lowest BCUT2D eigenvalue weighted by molar-refractivity contribution is 0.106. The van der Waals surface area contributed by atoms with E-state index in [-0.39, 0.29) is 11.5 Å². The molecule has 1 unspecified atom stereocenters. The molecular formula is C9H17NO2S. The van der Waals surface area contributed by atoms with Crippen LogP contribution in [0.5, 0.6) is 0 Å². The van der Waals surface area contributed by atoms with E-state index in [0.717, 1.165) is 32.2 Å². The van der Waals surface area contributed by atoms with Crippen molar-refractivity contribution in [2.45, 2.75) is 38.0 Å². The number of likely N-dealkylation sites (tertiary alicyclic amines) is 1. The number of carbonyl (C=O) groups excluding carboxylic acids is 1. The number of thiol groups is 1. The molecule has 0 saturated carbocycles. The van der Waals surface area contributed by atoms with E-state index in [4.69, 9.17) is 4.74 Å². The Bertz CT molecular complexity index is 175. The van der Waals surface area contributed by atoms with Gasteiger partial charge in [0.05, 0.1) is 12.0 Å². The third-order valence-corrected chi connectivity index (χ3v) is 2.72. The maximum Gasteiger partial charge on any atom is 0.410 e. The molecule has 0 N–H and O–H groups in total. The molecule has 4 heteroatoms. The van der Waals surface area contributed by atoms with Crippen LogP contribution in [0.4, 0.5) is 4.79 Å². The van der Waals surface area contributed by atoms with Gasteiger partial charge >= 0.3 is 6.09 Å². The number of unbranched alkanes of at least 4 members (excludes halogenated alkanes) is 1. The molecule has 1 fully saturated rings. The van der Waals surface area contributed by atoms with Crippen LogP contribution in [0.25, 0.3) is 0 Å². The second kappa shape index (κ2) is 5.37. The number of amides is 1. The average molecular weight is 203 g/mol. The van der Waals surface area contributed by atoms with Gasteiger partial charge in [-0.25, -0.2) is 4.79 Å². The first-order valence-electron chi connectivity index (χ1n) is 4.87. The van der Waals surface area contributed by atoms with E-state index >= 15 is 0 Å². The SMILES string of the molecule is CCCCOC(=O)N1CCCC1S. The fourth-order valence-corrected chi connectivity index (χ4v) is 1.74. The van der Waals surface area contributed by atoms with Crippen molar-refractivity contribution in [1.29, 1.82) is 0 Å². The van der Waals surface area contributed by atoms with Crippen LogP contribution in [0.1, 0.15) is 32.6 Å². The van der Waals surface area contributed by atoms with Crippen LogP contribution in [0.3, 0.4) is 0 Å². The monoisotopic (exact) mass is 203 g/mol. The lowest BCUT2D eigenvalue weighted by Crippen LogP contribution is -2.33. The zero-order chi connectivity index (χ0) is 9.68. The van der Waals surface area contributed by atoms with Crippen LogP contribution in [-0.4, -0.2) is 29.5 Å². The average Bonchev–Trinajstić information content (AvgIpc) is 2.52. The van der Waals surface area contributed by atoms with Crippen LogP contribution in [0.15, 0.2) is 0 Å². The summed E-state index contributed by atoms with van der Waals surface area (Å²) < 4.78 is 5.07. The molecule has 13 heavy (non-hydrogen) atoms. The third kappa shape index (κ3) is 3.10. The quantitative estimate of drug-likeness (QED) is 0.563. The molecule has 1 heterocycles. The molecule has 0 bridgehead atoms. The van der Waals surface area contributed by atoms with Gasteiger partial charge in [-0.3, -0.25) is 4.90 Å². The summed E-state index contributed by atoms with van der Waals surface area (Å²) >= 11 is 4.30. The van der Waals surface area contributed by atoms with E-state index < -0.39 is 0 Å². The lowest BCUT2D eigenvalue weighted by atomic mass is 10.4. The Labute approximate surface area is 84.8 Å². The van der Waals surface area contributed by atoms with Crippen molar-refractivity contribution in [3.05, 3.63) is 0 Å². The van der Waals surface area contributed by atoms with Gasteiger partial charge in [0.25, 0.3) is 0 Å². The largest absolute Gasteiger partial charge is 0.449 e. The molecule has 1 atom stereocenters. The molecule has 1 aliphatic heterocycles. The molecule has 1 aliphatic rings. The fraction of sp³-hybridized carbons (Fsp3) is 0.889. The normalized spacial score (nSPS) is 22.0. The molecule has 1 amide bonds. The van der Waals surface area contributed by atoms with Crippen molar-refractivity contribution in [2.75, 3.05) is 13.2 Å². The van der Waals surface area contributed by atoms with Gasteiger partial charge in [-0.05, 0) is 19.3 Å². The second-order valence-electron chi connectivity index (χ2n) is 3.28. The minimum atomic E-state index is -0.203. The molecule has 76 valence electrons. The van der Waals surface area contributed by atoms with Crippen molar-refractivity contribution in [3.8, 4) is 0 Å². The predicted molar refractivity (Wildman–Crippen MR) is 55.0 cm³/mol. The molecule has 1 saturated heterocycles. The zero-order valence-corrected chi connectivity index (χ0v) is 8.93. The summed E-state index contributed by atoms with van der Waals surface area (Å²) in [6.07, 6.45) is 3.81. The van der Waals surface area contributed by atoms with Gasteiger partial charge in [-0.15, -0.1) is 0 Å². The maximum atomic E-state index is 11.4. The van der Waals surface area contributed by atoms with Gasteiger partial charge in [0.2, 0.25) is 0 Å². The smallest absolute Gasteiger partial charge is 0.410 e. The molecule has 0 aliphatic carbocycles. The summed E-state index contributed by atoms with van der Waals surface area (Å²) in [6, 6.07) is 0. The van der Waals surface area contributed by atoms with E-state index in [2.05, 4.69) is 19.6 Å². The lowest BCUT2D eigenvalue weighted by Gasteiger charge is -2.19. The van der Waals surface area contributed by atoms with E-state index in [1.165, 1.54) is 0 Å². The molecule has 3 nitrogen and oxygen atoms in total. The summed E-state index contributed by atoms with van der Waals surface area (Å²) in [4.78, 5) is 13.1. The number of rotatable bonds is 3. The van der Waals surface area contributed by atoms with Crippen molar-refractivity contribution >= 4 is 18.7 Å².